The number of para-hydroxylation sites is 1. The van der Waals surface area contributed by atoms with Crippen LogP contribution in [0.1, 0.15) is 16.8 Å². The average molecular weight is 263 g/mol. The SMILES string of the molecule is COC(=O)c1cccc(N)c1N1CC(CN)CC1=O. The van der Waals surface area contributed by atoms with Crippen molar-refractivity contribution in [3.63, 3.8) is 0 Å². The van der Waals surface area contributed by atoms with Gasteiger partial charge in [-0.15, -0.1) is 0 Å². The summed E-state index contributed by atoms with van der Waals surface area (Å²) in [5.41, 5.74) is 12.6. The van der Waals surface area contributed by atoms with E-state index in [1.807, 2.05) is 0 Å². The van der Waals surface area contributed by atoms with Gasteiger partial charge in [0.15, 0.2) is 0 Å². The Kier molecular flexibility index (Phi) is 3.71. The Hall–Kier alpha value is -2.08. The van der Waals surface area contributed by atoms with Crippen LogP contribution in [0.4, 0.5) is 11.4 Å². The third kappa shape index (κ3) is 2.39. The predicted molar refractivity (Wildman–Crippen MR) is 71.7 cm³/mol. The van der Waals surface area contributed by atoms with Crippen molar-refractivity contribution in [3.8, 4) is 0 Å². The Morgan fingerprint density at radius 1 is 1.53 bits per heavy atom. The van der Waals surface area contributed by atoms with Gasteiger partial charge in [0.1, 0.15) is 0 Å². The van der Waals surface area contributed by atoms with Gasteiger partial charge in [0.2, 0.25) is 5.91 Å². The zero-order chi connectivity index (χ0) is 14.0. The number of carbonyl (C=O) groups is 2. The van der Waals surface area contributed by atoms with Crippen LogP contribution in [0.15, 0.2) is 18.2 Å². The summed E-state index contributed by atoms with van der Waals surface area (Å²) in [6, 6.07) is 4.91. The van der Waals surface area contributed by atoms with E-state index < -0.39 is 5.97 Å². The molecule has 0 bridgehead atoms. The molecule has 19 heavy (non-hydrogen) atoms. The molecule has 1 aliphatic rings. The lowest BCUT2D eigenvalue weighted by molar-refractivity contribution is -0.117. The van der Waals surface area contributed by atoms with Crippen molar-refractivity contribution in [2.75, 3.05) is 30.8 Å². The van der Waals surface area contributed by atoms with Crippen LogP contribution in [0, 0.1) is 5.92 Å². The van der Waals surface area contributed by atoms with E-state index >= 15 is 0 Å². The van der Waals surface area contributed by atoms with E-state index in [0.29, 0.717) is 36.4 Å². The Labute approximate surface area is 111 Å². The first-order chi connectivity index (χ1) is 9.08. The summed E-state index contributed by atoms with van der Waals surface area (Å²) < 4.78 is 4.72. The molecule has 1 saturated heterocycles. The van der Waals surface area contributed by atoms with Gasteiger partial charge in [-0.1, -0.05) is 6.07 Å². The van der Waals surface area contributed by atoms with Crippen molar-refractivity contribution < 1.29 is 14.3 Å². The lowest BCUT2D eigenvalue weighted by Crippen LogP contribution is -2.28. The highest BCUT2D eigenvalue weighted by molar-refractivity contribution is 6.06. The zero-order valence-electron chi connectivity index (χ0n) is 10.8. The number of anilines is 2. The summed E-state index contributed by atoms with van der Waals surface area (Å²) in [6.07, 6.45) is 0.380. The number of carbonyl (C=O) groups excluding carboxylic acids is 2. The van der Waals surface area contributed by atoms with Crippen LogP contribution in [0.2, 0.25) is 0 Å². The van der Waals surface area contributed by atoms with Gasteiger partial charge in [-0.2, -0.15) is 0 Å². The molecule has 102 valence electrons. The number of methoxy groups -OCH3 is 1. The minimum absolute atomic E-state index is 0.0708. The summed E-state index contributed by atoms with van der Waals surface area (Å²) in [5, 5.41) is 0. The Morgan fingerprint density at radius 3 is 2.84 bits per heavy atom. The Bertz CT molecular complexity index is 516. The Balaban J connectivity index is 2.44. The van der Waals surface area contributed by atoms with Gasteiger partial charge in [0, 0.05) is 13.0 Å². The quantitative estimate of drug-likeness (QED) is 0.606. The van der Waals surface area contributed by atoms with Crippen LogP contribution < -0.4 is 16.4 Å². The van der Waals surface area contributed by atoms with E-state index in [-0.39, 0.29) is 11.8 Å². The number of esters is 1. The lowest BCUT2D eigenvalue weighted by Gasteiger charge is -2.21. The van der Waals surface area contributed by atoms with E-state index in [2.05, 4.69) is 0 Å². The normalized spacial score (nSPS) is 18.7. The molecule has 2 rings (SSSR count). The fourth-order valence-electron chi connectivity index (χ4n) is 2.29. The topological polar surface area (TPSA) is 98.7 Å². The molecular weight excluding hydrogens is 246 g/mol. The van der Waals surface area contributed by atoms with Crippen LogP contribution in [0.5, 0.6) is 0 Å². The van der Waals surface area contributed by atoms with Crippen LogP contribution in [-0.4, -0.2) is 32.1 Å². The first kappa shape index (κ1) is 13.4. The number of hydrogen-bond donors (Lipinski definition) is 2. The predicted octanol–water partition coefficient (Wildman–Crippen LogP) is 0.367. The zero-order valence-corrected chi connectivity index (χ0v) is 10.8. The van der Waals surface area contributed by atoms with E-state index in [0.717, 1.165) is 0 Å². The molecule has 1 heterocycles. The van der Waals surface area contributed by atoms with Gasteiger partial charge in [-0.25, -0.2) is 4.79 Å². The molecule has 0 saturated carbocycles. The number of nitrogens with zero attached hydrogens (tertiary/aromatic N) is 1. The van der Waals surface area contributed by atoms with E-state index in [1.165, 1.54) is 12.0 Å². The standard InChI is InChI=1S/C13H17N3O3/c1-19-13(18)9-3-2-4-10(15)12(9)16-7-8(6-14)5-11(16)17/h2-4,8H,5-7,14-15H2,1H3. The highest BCUT2D eigenvalue weighted by Gasteiger charge is 2.33. The van der Waals surface area contributed by atoms with Gasteiger partial charge < -0.3 is 21.1 Å². The van der Waals surface area contributed by atoms with E-state index in [1.54, 1.807) is 18.2 Å². The molecule has 0 aliphatic carbocycles. The fourth-order valence-corrected chi connectivity index (χ4v) is 2.29. The average Bonchev–Trinajstić information content (AvgIpc) is 2.78. The number of nitrogens with two attached hydrogens (primary N) is 2. The second-order valence-corrected chi connectivity index (χ2v) is 4.55. The van der Waals surface area contributed by atoms with Crippen molar-refractivity contribution in [1.82, 2.24) is 0 Å². The number of ether oxygens (including phenoxy) is 1. The van der Waals surface area contributed by atoms with Gasteiger partial charge in [0.05, 0.1) is 24.0 Å². The largest absolute Gasteiger partial charge is 0.465 e. The van der Waals surface area contributed by atoms with E-state index in [9.17, 15) is 9.59 Å². The van der Waals surface area contributed by atoms with Crippen LogP contribution in [-0.2, 0) is 9.53 Å². The van der Waals surface area contributed by atoms with Crippen molar-refractivity contribution in [3.05, 3.63) is 23.8 Å². The highest BCUT2D eigenvalue weighted by Crippen LogP contribution is 2.33. The van der Waals surface area contributed by atoms with Crippen molar-refractivity contribution in [2.24, 2.45) is 11.7 Å². The molecule has 4 N–H and O–H groups in total. The number of hydrogen-bond acceptors (Lipinski definition) is 5. The van der Waals surface area contributed by atoms with Crippen LogP contribution >= 0.6 is 0 Å². The molecule has 1 unspecified atom stereocenters. The molecule has 0 spiro atoms. The summed E-state index contributed by atoms with van der Waals surface area (Å²) in [5.74, 6) is -0.484. The fraction of sp³-hybridized carbons (Fsp3) is 0.385. The Morgan fingerprint density at radius 2 is 2.26 bits per heavy atom. The van der Waals surface area contributed by atoms with Crippen molar-refractivity contribution >= 4 is 23.3 Å². The molecule has 1 atom stereocenters. The van der Waals surface area contributed by atoms with Gasteiger partial charge in [0.25, 0.3) is 0 Å². The number of rotatable bonds is 3. The van der Waals surface area contributed by atoms with Gasteiger partial charge >= 0.3 is 5.97 Å². The number of nitrogen functional groups attached to an aromatic ring is 1. The molecular formula is C13H17N3O3. The summed E-state index contributed by atoms with van der Waals surface area (Å²) in [7, 11) is 1.30. The van der Waals surface area contributed by atoms with Gasteiger partial charge in [-0.05, 0) is 24.6 Å². The summed E-state index contributed by atoms with van der Waals surface area (Å²) in [6.45, 7) is 0.913. The molecule has 6 heteroatoms. The third-order valence-corrected chi connectivity index (χ3v) is 3.28. The maximum Gasteiger partial charge on any atom is 0.340 e. The van der Waals surface area contributed by atoms with Gasteiger partial charge in [-0.3, -0.25) is 4.79 Å². The lowest BCUT2D eigenvalue weighted by atomic mass is 10.1. The molecule has 1 aromatic rings. The summed E-state index contributed by atoms with van der Waals surface area (Å²) >= 11 is 0. The van der Waals surface area contributed by atoms with E-state index in [4.69, 9.17) is 16.2 Å². The maximum atomic E-state index is 12.0. The maximum absolute atomic E-state index is 12.0. The van der Waals surface area contributed by atoms with Crippen LogP contribution in [0.25, 0.3) is 0 Å². The molecule has 6 nitrogen and oxygen atoms in total. The monoisotopic (exact) mass is 263 g/mol. The first-order valence-corrected chi connectivity index (χ1v) is 6.05. The smallest absolute Gasteiger partial charge is 0.340 e. The van der Waals surface area contributed by atoms with Crippen molar-refractivity contribution in [2.45, 2.75) is 6.42 Å². The third-order valence-electron chi connectivity index (χ3n) is 3.28. The summed E-state index contributed by atoms with van der Waals surface area (Å²) in [4.78, 5) is 25.3. The minimum atomic E-state index is -0.508. The van der Waals surface area contributed by atoms with Crippen molar-refractivity contribution in [1.29, 1.82) is 0 Å². The molecule has 1 fully saturated rings. The molecule has 1 aliphatic heterocycles. The number of benzene rings is 1. The second kappa shape index (κ2) is 5.27. The van der Waals surface area contributed by atoms with Crippen LogP contribution in [0.3, 0.4) is 0 Å². The second-order valence-electron chi connectivity index (χ2n) is 4.55. The number of amides is 1. The molecule has 0 aromatic heterocycles. The molecule has 1 amide bonds. The molecule has 0 radical (unpaired) electrons. The minimum Gasteiger partial charge on any atom is -0.465 e. The molecule has 1 aromatic carbocycles. The first-order valence-electron chi connectivity index (χ1n) is 6.05. The highest BCUT2D eigenvalue weighted by atomic mass is 16.5.